The molecule has 0 radical (unpaired) electrons. The first-order valence-corrected chi connectivity index (χ1v) is 12.8. The number of nitrogens with zero attached hydrogens (tertiary/aromatic N) is 3. The van der Waals surface area contributed by atoms with E-state index in [0.29, 0.717) is 44.8 Å². The maximum Gasteiger partial charge on any atom is 0.254 e. The van der Waals surface area contributed by atoms with Gasteiger partial charge in [0.05, 0.1) is 12.1 Å². The summed E-state index contributed by atoms with van der Waals surface area (Å²) < 4.78 is 19.3. The maximum atomic E-state index is 13.7. The Bertz CT molecular complexity index is 895. The number of benzene rings is 1. The molecule has 35 heavy (non-hydrogen) atoms. The monoisotopic (exact) mass is 488 g/mol. The summed E-state index contributed by atoms with van der Waals surface area (Å²) in [6.07, 6.45) is 3.09. The fourth-order valence-electron chi connectivity index (χ4n) is 5.29. The zero-order valence-corrected chi connectivity index (χ0v) is 20.7. The Labute approximate surface area is 206 Å². The average molecular weight is 489 g/mol. The van der Waals surface area contributed by atoms with Gasteiger partial charge in [-0.15, -0.1) is 0 Å². The number of likely N-dealkylation sites (tertiary alicyclic amines) is 1. The van der Waals surface area contributed by atoms with Gasteiger partial charge in [0.15, 0.2) is 0 Å². The van der Waals surface area contributed by atoms with Crippen LogP contribution in [0, 0.1) is 11.7 Å². The lowest BCUT2D eigenvalue weighted by molar-refractivity contribution is -0.139. The van der Waals surface area contributed by atoms with E-state index in [9.17, 15) is 18.8 Å². The van der Waals surface area contributed by atoms with Crippen molar-refractivity contribution in [1.29, 1.82) is 0 Å². The van der Waals surface area contributed by atoms with Gasteiger partial charge in [-0.3, -0.25) is 14.4 Å². The summed E-state index contributed by atoms with van der Waals surface area (Å²) >= 11 is 0. The van der Waals surface area contributed by atoms with Crippen LogP contribution in [0.15, 0.2) is 24.3 Å². The zero-order chi connectivity index (χ0) is 24.9. The van der Waals surface area contributed by atoms with Crippen molar-refractivity contribution < 1.29 is 23.5 Å². The Morgan fingerprint density at radius 2 is 1.91 bits per heavy atom. The highest BCUT2D eigenvalue weighted by atomic mass is 19.1. The minimum absolute atomic E-state index is 0.00625. The molecule has 3 fully saturated rings. The van der Waals surface area contributed by atoms with E-state index in [4.69, 9.17) is 4.74 Å². The molecule has 3 saturated heterocycles. The highest BCUT2D eigenvalue weighted by Crippen LogP contribution is 2.29. The van der Waals surface area contributed by atoms with Gasteiger partial charge in [0, 0.05) is 50.8 Å². The number of carbonyl (C=O) groups is 3. The molecular weight excluding hydrogens is 451 g/mol. The Morgan fingerprint density at radius 3 is 2.60 bits per heavy atom. The summed E-state index contributed by atoms with van der Waals surface area (Å²) in [5.41, 5.74) is 0.336. The second-order valence-corrected chi connectivity index (χ2v) is 10.1. The molecule has 9 heteroatoms. The zero-order valence-electron chi connectivity index (χ0n) is 20.7. The largest absolute Gasteiger partial charge is 0.376 e. The molecule has 3 amide bonds. The SMILES string of the molecule is CC(C)C(=O)N(CC1CCCO1)C1CC(C(=O)N2CCCNCC2)N(C(=O)c2ccc(F)cc2)C1. The van der Waals surface area contributed by atoms with Gasteiger partial charge in [0.25, 0.3) is 5.91 Å². The third-order valence-electron chi connectivity index (χ3n) is 7.21. The molecule has 1 aromatic rings. The van der Waals surface area contributed by atoms with Crippen LogP contribution in [0.25, 0.3) is 0 Å². The van der Waals surface area contributed by atoms with Crippen LogP contribution in [-0.4, -0.2) is 96.5 Å². The summed E-state index contributed by atoms with van der Waals surface area (Å²) in [7, 11) is 0. The lowest BCUT2D eigenvalue weighted by Gasteiger charge is -2.32. The smallest absolute Gasteiger partial charge is 0.254 e. The van der Waals surface area contributed by atoms with Crippen molar-refractivity contribution in [3.8, 4) is 0 Å². The second-order valence-electron chi connectivity index (χ2n) is 10.1. The van der Waals surface area contributed by atoms with Crippen molar-refractivity contribution >= 4 is 17.7 Å². The number of amides is 3. The van der Waals surface area contributed by atoms with E-state index >= 15 is 0 Å². The maximum absolute atomic E-state index is 13.7. The number of hydrogen-bond donors (Lipinski definition) is 1. The van der Waals surface area contributed by atoms with E-state index in [0.717, 1.165) is 25.8 Å². The minimum atomic E-state index is -0.664. The molecule has 8 nitrogen and oxygen atoms in total. The van der Waals surface area contributed by atoms with Crippen molar-refractivity contribution in [2.75, 3.05) is 45.9 Å². The first-order chi connectivity index (χ1) is 16.8. The molecule has 1 N–H and O–H groups in total. The van der Waals surface area contributed by atoms with Crippen LogP contribution < -0.4 is 5.32 Å². The predicted molar refractivity (Wildman–Crippen MR) is 129 cm³/mol. The quantitative estimate of drug-likeness (QED) is 0.662. The Kier molecular flexibility index (Phi) is 8.38. The second kappa shape index (κ2) is 11.5. The minimum Gasteiger partial charge on any atom is -0.376 e. The Morgan fingerprint density at radius 1 is 1.14 bits per heavy atom. The molecule has 1 aromatic carbocycles. The molecule has 3 atom stereocenters. The molecule has 3 unspecified atom stereocenters. The van der Waals surface area contributed by atoms with E-state index < -0.39 is 11.9 Å². The van der Waals surface area contributed by atoms with Crippen LogP contribution in [0.2, 0.25) is 0 Å². The van der Waals surface area contributed by atoms with Crippen molar-refractivity contribution in [3.63, 3.8) is 0 Å². The first kappa shape index (κ1) is 25.6. The topological polar surface area (TPSA) is 82.2 Å². The highest BCUT2D eigenvalue weighted by Gasteiger charge is 2.45. The fourth-order valence-corrected chi connectivity index (χ4v) is 5.29. The number of ether oxygens (including phenoxy) is 1. The number of carbonyl (C=O) groups excluding carboxylic acids is 3. The number of hydrogen-bond acceptors (Lipinski definition) is 5. The van der Waals surface area contributed by atoms with Gasteiger partial charge in [-0.1, -0.05) is 13.8 Å². The number of nitrogens with one attached hydrogen (secondary N) is 1. The summed E-state index contributed by atoms with van der Waals surface area (Å²) in [4.78, 5) is 45.7. The average Bonchev–Trinajstić information content (AvgIpc) is 3.45. The summed E-state index contributed by atoms with van der Waals surface area (Å²) in [6.45, 7) is 7.95. The third-order valence-corrected chi connectivity index (χ3v) is 7.21. The normalized spacial score (nSPS) is 25.1. The first-order valence-electron chi connectivity index (χ1n) is 12.8. The molecule has 0 aromatic heterocycles. The Hall–Kier alpha value is -2.52. The van der Waals surface area contributed by atoms with Crippen LogP contribution >= 0.6 is 0 Å². The lowest BCUT2D eigenvalue weighted by atomic mass is 10.1. The van der Waals surface area contributed by atoms with Gasteiger partial charge in [-0.05, 0) is 56.5 Å². The molecule has 0 aliphatic carbocycles. The van der Waals surface area contributed by atoms with Crippen LogP contribution in [0.1, 0.15) is 49.9 Å². The van der Waals surface area contributed by atoms with Gasteiger partial charge in [-0.25, -0.2) is 4.39 Å². The van der Waals surface area contributed by atoms with Gasteiger partial charge < -0.3 is 24.8 Å². The molecule has 3 aliphatic rings. The standard InChI is InChI=1S/C26H37FN4O4/c1-18(2)24(32)30(17-22-5-3-14-35-22)21-15-23(26(34)29-12-4-10-28-11-13-29)31(16-21)25(33)19-6-8-20(27)9-7-19/h6-9,18,21-23,28H,3-5,10-17H2,1-2H3. The van der Waals surface area contributed by atoms with Crippen molar-refractivity contribution in [2.45, 2.75) is 57.7 Å². The lowest BCUT2D eigenvalue weighted by Crippen LogP contribution is -2.48. The molecule has 0 bridgehead atoms. The van der Waals surface area contributed by atoms with E-state index in [2.05, 4.69) is 5.32 Å². The van der Waals surface area contributed by atoms with Gasteiger partial charge in [0.1, 0.15) is 11.9 Å². The molecule has 192 valence electrons. The number of rotatable bonds is 6. The van der Waals surface area contributed by atoms with Crippen molar-refractivity contribution in [3.05, 3.63) is 35.6 Å². The van der Waals surface area contributed by atoms with Crippen LogP contribution in [0.3, 0.4) is 0 Å². The van der Waals surface area contributed by atoms with Crippen LogP contribution in [0.4, 0.5) is 4.39 Å². The summed E-state index contributed by atoms with van der Waals surface area (Å²) in [5, 5.41) is 3.31. The molecule has 4 rings (SSSR count). The Balaban J connectivity index is 1.60. The highest BCUT2D eigenvalue weighted by molar-refractivity contribution is 5.98. The molecule has 0 saturated carbocycles. The van der Waals surface area contributed by atoms with E-state index in [-0.39, 0.29) is 42.3 Å². The fraction of sp³-hybridized carbons (Fsp3) is 0.654. The van der Waals surface area contributed by atoms with Crippen molar-refractivity contribution in [2.24, 2.45) is 5.92 Å². The van der Waals surface area contributed by atoms with Crippen LogP contribution in [0.5, 0.6) is 0 Å². The number of halogens is 1. The molecule has 0 spiro atoms. The molecule has 3 heterocycles. The van der Waals surface area contributed by atoms with E-state index in [1.54, 1.807) is 4.90 Å². The molecule has 3 aliphatic heterocycles. The van der Waals surface area contributed by atoms with E-state index in [1.165, 1.54) is 24.3 Å². The summed E-state index contributed by atoms with van der Waals surface area (Å²) in [5.74, 6) is -1.01. The van der Waals surface area contributed by atoms with Crippen molar-refractivity contribution in [1.82, 2.24) is 20.0 Å². The van der Waals surface area contributed by atoms with E-state index in [1.807, 2.05) is 23.6 Å². The summed E-state index contributed by atoms with van der Waals surface area (Å²) in [6, 6.07) is 4.46. The van der Waals surface area contributed by atoms with Gasteiger partial charge in [-0.2, -0.15) is 0 Å². The van der Waals surface area contributed by atoms with Crippen LogP contribution in [-0.2, 0) is 14.3 Å². The predicted octanol–water partition coefficient (Wildman–Crippen LogP) is 1.89. The van der Waals surface area contributed by atoms with Gasteiger partial charge in [0.2, 0.25) is 11.8 Å². The van der Waals surface area contributed by atoms with Gasteiger partial charge >= 0.3 is 0 Å². The molecular formula is C26H37FN4O4. The third kappa shape index (κ3) is 6.01.